The molecular formula is C19H20FN3O3. The highest BCUT2D eigenvalue weighted by atomic mass is 19.1. The molecule has 0 atom stereocenters. The summed E-state index contributed by atoms with van der Waals surface area (Å²) < 4.78 is 16.4. The summed E-state index contributed by atoms with van der Waals surface area (Å²) in [5.41, 5.74) is -0.153. The van der Waals surface area contributed by atoms with Gasteiger partial charge in [0.05, 0.1) is 11.2 Å². The number of halogens is 1. The van der Waals surface area contributed by atoms with Gasteiger partial charge in [-0.05, 0) is 25.0 Å². The number of piperidine rings is 1. The molecule has 3 fully saturated rings. The number of aromatic nitrogens is 1. The number of pyridine rings is 1. The van der Waals surface area contributed by atoms with Crippen molar-refractivity contribution in [2.75, 3.05) is 31.1 Å². The highest BCUT2D eigenvalue weighted by Crippen LogP contribution is 2.31. The molecule has 1 aromatic heterocycles. The van der Waals surface area contributed by atoms with Crippen molar-refractivity contribution in [3.05, 3.63) is 46.5 Å². The highest BCUT2D eigenvalue weighted by molar-refractivity contribution is 5.94. The van der Waals surface area contributed by atoms with Crippen molar-refractivity contribution in [3.63, 3.8) is 0 Å². The van der Waals surface area contributed by atoms with Gasteiger partial charge in [-0.2, -0.15) is 0 Å². The quantitative estimate of drug-likeness (QED) is 0.913. The average molecular weight is 357 g/mol. The molecule has 6 nitrogen and oxygen atoms in total. The lowest BCUT2D eigenvalue weighted by molar-refractivity contribution is 0.0695. The van der Waals surface area contributed by atoms with Crippen LogP contribution in [-0.4, -0.2) is 52.8 Å². The maximum absolute atomic E-state index is 14.9. The first-order valence-corrected chi connectivity index (χ1v) is 8.73. The molecule has 3 saturated heterocycles. The van der Waals surface area contributed by atoms with Gasteiger partial charge in [0.2, 0.25) is 5.43 Å². The van der Waals surface area contributed by atoms with Crippen LogP contribution in [0.25, 0.3) is 17.1 Å². The highest BCUT2D eigenvalue weighted by Gasteiger charge is 2.31. The maximum atomic E-state index is 14.9. The number of nitrogens with zero attached hydrogens (tertiary/aromatic N) is 3. The molecule has 0 radical (unpaired) electrons. The molecule has 3 aliphatic rings. The lowest BCUT2D eigenvalue weighted by Crippen LogP contribution is -2.38. The molecule has 26 heavy (non-hydrogen) atoms. The van der Waals surface area contributed by atoms with Crippen molar-refractivity contribution < 1.29 is 14.3 Å². The molecule has 2 aromatic rings. The summed E-state index contributed by atoms with van der Waals surface area (Å²) in [4.78, 5) is 28.2. The summed E-state index contributed by atoms with van der Waals surface area (Å²) >= 11 is 0. The number of carboxylic acid groups (broad SMARTS) is 1. The molecule has 3 aliphatic heterocycles. The second-order valence-corrected chi connectivity index (χ2v) is 6.85. The number of hydrogen-bond donors (Lipinski definition) is 1. The van der Waals surface area contributed by atoms with Crippen LogP contribution in [0.4, 0.5) is 10.1 Å². The minimum absolute atomic E-state index is 0.0499. The molecular weight excluding hydrogens is 337 g/mol. The summed E-state index contributed by atoms with van der Waals surface area (Å²) in [6, 6.07) is 3.09. The van der Waals surface area contributed by atoms with Crippen LogP contribution in [0.2, 0.25) is 0 Å². The van der Waals surface area contributed by atoms with E-state index in [4.69, 9.17) is 0 Å². The van der Waals surface area contributed by atoms with Crippen LogP contribution < -0.4 is 10.3 Å². The first kappa shape index (κ1) is 16.8. The van der Waals surface area contributed by atoms with E-state index < -0.39 is 22.8 Å². The number of aromatic carboxylic acids is 1. The number of benzene rings is 1. The van der Waals surface area contributed by atoms with Crippen molar-refractivity contribution in [2.45, 2.75) is 18.9 Å². The van der Waals surface area contributed by atoms with Crippen molar-refractivity contribution in [1.29, 1.82) is 0 Å². The van der Waals surface area contributed by atoms with Gasteiger partial charge >= 0.3 is 5.97 Å². The van der Waals surface area contributed by atoms with E-state index in [2.05, 4.69) is 16.4 Å². The zero-order valence-electron chi connectivity index (χ0n) is 14.3. The second kappa shape index (κ2) is 6.25. The average Bonchev–Trinajstić information content (AvgIpc) is 2.95. The fourth-order valence-electron chi connectivity index (χ4n) is 4.09. The fourth-order valence-corrected chi connectivity index (χ4v) is 4.09. The summed E-state index contributed by atoms with van der Waals surface area (Å²) in [6.45, 7) is 7.35. The largest absolute Gasteiger partial charge is 0.477 e. The summed E-state index contributed by atoms with van der Waals surface area (Å²) in [5, 5.41) is 9.27. The normalized spacial score (nSPS) is 22.4. The minimum Gasteiger partial charge on any atom is -0.477 e. The number of hydrogen-bond acceptors (Lipinski definition) is 4. The zero-order chi connectivity index (χ0) is 18.4. The van der Waals surface area contributed by atoms with E-state index in [9.17, 15) is 19.1 Å². The molecule has 0 spiro atoms. The van der Waals surface area contributed by atoms with E-state index in [1.165, 1.54) is 17.0 Å². The third-order valence-corrected chi connectivity index (χ3v) is 5.49. The van der Waals surface area contributed by atoms with Gasteiger partial charge in [0.1, 0.15) is 11.4 Å². The number of carboxylic acids is 1. The maximum Gasteiger partial charge on any atom is 0.341 e. The third-order valence-electron chi connectivity index (χ3n) is 5.49. The first-order valence-electron chi connectivity index (χ1n) is 8.73. The SMILES string of the molecule is C=Cn1cc(C(=O)O)c(=O)c2cc(F)c(N3CCN4CCC3CC4)cc21. The van der Waals surface area contributed by atoms with E-state index >= 15 is 0 Å². The Labute approximate surface area is 149 Å². The molecule has 5 rings (SSSR count). The van der Waals surface area contributed by atoms with Gasteiger partial charge < -0.3 is 19.5 Å². The molecule has 0 aliphatic carbocycles. The summed E-state index contributed by atoms with van der Waals surface area (Å²) in [7, 11) is 0. The predicted octanol–water partition coefficient (Wildman–Crippen LogP) is 2.22. The minimum atomic E-state index is -1.34. The number of fused-ring (bicyclic) bond motifs is 5. The van der Waals surface area contributed by atoms with Crippen LogP contribution in [-0.2, 0) is 0 Å². The van der Waals surface area contributed by atoms with Crippen LogP contribution in [0.1, 0.15) is 23.2 Å². The van der Waals surface area contributed by atoms with Crippen molar-refractivity contribution >= 4 is 28.8 Å². The molecule has 1 N–H and O–H groups in total. The van der Waals surface area contributed by atoms with Gasteiger partial charge in [-0.25, -0.2) is 9.18 Å². The zero-order valence-corrected chi connectivity index (χ0v) is 14.3. The fraction of sp³-hybridized carbons (Fsp3) is 0.368. The van der Waals surface area contributed by atoms with Crippen molar-refractivity contribution in [2.24, 2.45) is 0 Å². The second-order valence-electron chi connectivity index (χ2n) is 6.85. The van der Waals surface area contributed by atoms with Crippen molar-refractivity contribution in [3.8, 4) is 0 Å². The topological polar surface area (TPSA) is 65.8 Å². The van der Waals surface area contributed by atoms with E-state index in [1.807, 2.05) is 0 Å². The smallest absolute Gasteiger partial charge is 0.341 e. The van der Waals surface area contributed by atoms with Crippen LogP contribution >= 0.6 is 0 Å². The summed E-state index contributed by atoms with van der Waals surface area (Å²) in [5.74, 6) is -1.83. The Bertz CT molecular complexity index is 961. The number of carbonyl (C=O) groups is 1. The molecule has 4 heterocycles. The standard InChI is InChI=1S/C19H20FN3O3/c1-2-22-11-14(19(25)26)18(24)13-9-15(20)17(10-16(13)22)23-8-7-21-5-3-12(23)4-6-21/h2,9-12H,1,3-8H2,(H,25,26). The van der Waals surface area contributed by atoms with Crippen LogP contribution in [0.15, 0.2) is 29.7 Å². The van der Waals surface area contributed by atoms with Gasteiger partial charge in [-0.1, -0.05) is 6.58 Å². The van der Waals surface area contributed by atoms with E-state index in [1.54, 1.807) is 6.07 Å². The van der Waals surface area contributed by atoms with E-state index in [0.29, 0.717) is 11.2 Å². The van der Waals surface area contributed by atoms with E-state index in [-0.39, 0.29) is 11.4 Å². The van der Waals surface area contributed by atoms with Crippen LogP contribution in [0.3, 0.4) is 0 Å². The molecule has 136 valence electrons. The third kappa shape index (κ3) is 2.59. The molecule has 2 bridgehead atoms. The molecule has 0 amide bonds. The van der Waals surface area contributed by atoms with Gasteiger partial charge in [0, 0.05) is 50.0 Å². The summed E-state index contributed by atoms with van der Waals surface area (Å²) in [6.07, 6.45) is 4.64. The molecule has 0 saturated carbocycles. The predicted molar refractivity (Wildman–Crippen MR) is 98.3 cm³/mol. The monoisotopic (exact) mass is 357 g/mol. The lowest BCUT2D eigenvalue weighted by Gasteiger charge is -2.33. The molecule has 1 aromatic carbocycles. The number of anilines is 1. The lowest BCUT2D eigenvalue weighted by atomic mass is 10.0. The Morgan fingerprint density at radius 1 is 1.23 bits per heavy atom. The van der Waals surface area contributed by atoms with Gasteiger partial charge in [0.25, 0.3) is 0 Å². The van der Waals surface area contributed by atoms with Crippen LogP contribution in [0.5, 0.6) is 0 Å². The van der Waals surface area contributed by atoms with E-state index in [0.717, 1.165) is 45.1 Å². The Hall–Kier alpha value is -2.67. The first-order chi connectivity index (χ1) is 12.5. The molecule has 0 unspecified atom stereocenters. The Morgan fingerprint density at radius 3 is 2.62 bits per heavy atom. The Morgan fingerprint density at radius 2 is 1.96 bits per heavy atom. The Balaban J connectivity index is 1.91. The Kier molecular flexibility index (Phi) is 4.03. The van der Waals surface area contributed by atoms with Crippen molar-refractivity contribution in [1.82, 2.24) is 9.47 Å². The van der Waals surface area contributed by atoms with Gasteiger partial charge in [-0.15, -0.1) is 0 Å². The van der Waals surface area contributed by atoms with Gasteiger partial charge in [0.15, 0.2) is 0 Å². The van der Waals surface area contributed by atoms with Crippen LogP contribution in [0, 0.1) is 5.82 Å². The van der Waals surface area contributed by atoms with Gasteiger partial charge in [-0.3, -0.25) is 4.79 Å². The molecule has 7 heteroatoms. The number of rotatable bonds is 3.